The number of benzene rings is 1. The lowest BCUT2D eigenvalue weighted by Gasteiger charge is -2.04. The number of allylic oxidation sites excluding steroid dienone is 1. The lowest BCUT2D eigenvalue weighted by molar-refractivity contribution is -0.104. The number of carbonyl (C=O) groups is 2. The van der Waals surface area contributed by atoms with Crippen LogP contribution >= 0.6 is 0 Å². The van der Waals surface area contributed by atoms with Gasteiger partial charge in [0, 0.05) is 5.69 Å². The molecule has 0 saturated heterocycles. The second-order valence-electron chi connectivity index (χ2n) is 3.06. The first kappa shape index (κ1) is 12.0. The van der Waals surface area contributed by atoms with Gasteiger partial charge in [-0.05, 0) is 42.8 Å². The highest BCUT2D eigenvalue weighted by Gasteiger charge is 2.07. The molecule has 0 saturated carbocycles. The molecule has 16 heavy (non-hydrogen) atoms. The first-order valence-electron chi connectivity index (χ1n) is 4.87. The van der Waals surface area contributed by atoms with Crippen molar-refractivity contribution in [2.75, 3.05) is 12.3 Å². The molecule has 0 fully saturated rings. The number of rotatable bonds is 4. The van der Waals surface area contributed by atoms with Crippen LogP contribution in [0.5, 0.6) is 0 Å². The molecule has 0 unspecified atom stereocenters. The van der Waals surface area contributed by atoms with Gasteiger partial charge in [0.1, 0.15) is 6.29 Å². The number of ether oxygens (including phenoxy) is 1. The minimum atomic E-state index is -0.400. The number of nitrogens with two attached hydrogens (primary N) is 1. The molecule has 0 heterocycles. The van der Waals surface area contributed by atoms with Crippen molar-refractivity contribution in [3.63, 3.8) is 0 Å². The van der Waals surface area contributed by atoms with Crippen molar-refractivity contribution < 1.29 is 14.3 Å². The zero-order valence-electron chi connectivity index (χ0n) is 8.97. The molecule has 0 bridgehead atoms. The van der Waals surface area contributed by atoms with E-state index in [2.05, 4.69) is 0 Å². The average Bonchev–Trinajstić information content (AvgIpc) is 2.28. The molecule has 0 aliphatic rings. The van der Waals surface area contributed by atoms with Crippen LogP contribution in [-0.2, 0) is 9.53 Å². The maximum Gasteiger partial charge on any atom is 0.338 e. The Bertz CT molecular complexity index is 424. The number of anilines is 1. The molecular formula is C12H13NO3. The van der Waals surface area contributed by atoms with Crippen molar-refractivity contribution in [1.29, 1.82) is 0 Å². The van der Waals surface area contributed by atoms with Gasteiger partial charge in [0.15, 0.2) is 0 Å². The third-order valence-corrected chi connectivity index (χ3v) is 1.95. The molecule has 0 aliphatic carbocycles. The zero-order chi connectivity index (χ0) is 12.0. The molecule has 1 aromatic carbocycles. The highest BCUT2D eigenvalue weighted by molar-refractivity contribution is 5.91. The SMILES string of the molecule is CCOC(=O)c1ccc(N)c(C=CC=O)c1. The molecule has 1 aromatic rings. The van der Waals surface area contributed by atoms with E-state index in [1.807, 2.05) is 0 Å². The molecule has 0 amide bonds. The molecule has 0 atom stereocenters. The van der Waals surface area contributed by atoms with Crippen LogP contribution in [0.2, 0.25) is 0 Å². The van der Waals surface area contributed by atoms with Crippen LogP contribution in [0.3, 0.4) is 0 Å². The van der Waals surface area contributed by atoms with E-state index in [1.165, 1.54) is 6.08 Å². The summed E-state index contributed by atoms with van der Waals surface area (Å²) in [5.74, 6) is -0.400. The highest BCUT2D eigenvalue weighted by Crippen LogP contribution is 2.16. The molecule has 1 rings (SSSR count). The van der Waals surface area contributed by atoms with Crippen LogP contribution in [0.15, 0.2) is 24.3 Å². The number of aldehydes is 1. The topological polar surface area (TPSA) is 69.4 Å². The fraction of sp³-hybridized carbons (Fsp3) is 0.167. The summed E-state index contributed by atoms with van der Waals surface area (Å²) in [5.41, 5.74) is 7.23. The summed E-state index contributed by atoms with van der Waals surface area (Å²) in [7, 11) is 0. The van der Waals surface area contributed by atoms with Gasteiger partial charge in [-0.15, -0.1) is 0 Å². The fourth-order valence-corrected chi connectivity index (χ4v) is 1.20. The molecule has 0 spiro atoms. The summed E-state index contributed by atoms with van der Waals surface area (Å²) >= 11 is 0. The van der Waals surface area contributed by atoms with E-state index in [9.17, 15) is 9.59 Å². The van der Waals surface area contributed by atoms with E-state index in [-0.39, 0.29) is 0 Å². The molecule has 0 radical (unpaired) electrons. The second-order valence-corrected chi connectivity index (χ2v) is 3.06. The van der Waals surface area contributed by atoms with Crippen molar-refractivity contribution in [3.05, 3.63) is 35.4 Å². The van der Waals surface area contributed by atoms with Crippen LogP contribution in [-0.4, -0.2) is 18.9 Å². The smallest absolute Gasteiger partial charge is 0.338 e. The Balaban J connectivity index is 3.01. The van der Waals surface area contributed by atoms with Crippen LogP contribution in [0.1, 0.15) is 22.8 Å². The van der Waals surface area contributed by atoms with Gasteiger partial charge >= 0.3 is 5.97 Å². The summed E-state index contributed by atoms with van der Waals surface area (Å²) in [5, 5.41) is 0. The Morgan fingerprint density at radius 3 is 2.88 bits per heavy atom. The number of carbonyl (C=O) groups excluding carboxylic acids is 2. The van der Waals surface area contributed by atoms with Crippen LogP contribution in [0.4, 0.5) is 5.69 Å². The van der Waals surface area contributed by atoms with Crippen LogP contribution < -0.4 is 5.73 Å². The van der Waals surface area contributed by atoms with E-state index in [0.717, 1.165) is 0 Å². The van der Waals surface area contributed by atoms with Crippen molar-refractivity contribution in [2.24, 2.45) is 0 Å². The van der Waals surface area contributed by atoms with E-state index >= 15 is 0 Å². The summed E-state index contributed by atoms with van der Waals surface area (Å²) in [6, 6.07) is 4.79. The standard InChI is InChI=1S/C12H13NO3/c1-2-16-12(15)10-5-6-11(13)9(8-10)4-3-7-14/h3-8H,2,13H2,1H3. The maximum atomic E-state index is 11.4. The van der Waals surface area contributed by atoms with Crippen molar-refractivity contribution in [3.8, 4) is 0 Å². The van der Waals surface area contributed by atoms with Gasteiger partial charge in [-0.2, -0.15) is 0 Å². The van der Waals surface area contributed by atoms with Crippen LogP contribution in [0, 0.1) is 0 Å². The van der Waals surface area contributed by atoms with E-state index in [4.69, 9.17) is 10.5 Å². The zero-order valence-corrected chi connectivity index (χ0v) is 8.97. The average molecular weight is 219 g/mol. The second kappa shape index (κ2) is 5.70. The molecular weight excluding hydrogens is 206 g/mol. The summed E-state index contributed by atoms with van der Waals surface area (Å²) in [6.07, 6.45) is 3.52. The Labute approximate surface area is 93.7 Å². The first-order valence-corrected chi connectivity index (χ1v) is 4.87. The summed E-state index contributed by atoms with van der Waals surface area (Å²) in [6.45, 7) is 2.06. The highest BCUT2D eigenvalue weighted by atomic mass is 16.5. The third kappa shape index (κ3) is 2.95. The van der Waals surface area contributed by atoms with Gasteiger partial charge < -0.3 is 10.5 Å². The number of hydrogen-bond acceptors (Lipinski definition) is 4. The third-order valence-electron chi connectivity index (χ3n) is 1.95. The van der Waals surface area contributed by atoms with Gasteiger partial charge in [-0.1, -0.05) is 0 Å². The fourth-order valence-electron chi connectivity index (χ4n) is 1.20. The monoisotopic (exact) mass is 219 g/mol. The number of nitrogen functional groups attached to an aromatic ring is 1. The predicted molar refractivity (Wildman–Crippen MR) is 61.9 cm³/mol. The Morgan fingerprint density at radius 2 is 2.25 bits per heavy atom. The van der Waals surface area contributed by atoms with Gasteiger partial charge in [-0.3, -0.25) is 4.79 Å². The lowest BCUT2D eigenvalue weighted by Crippen LogP contribution is -2.05. The van der Waals surface area contributed by atoms with Gasteiger partial charge in [0.25, 0.3) is 0 Å². The number of hydrogen-bond donors (Lipinski definition) is 1. The maximum absolute atomic E-state index is 11.4. The van der Waals surface area contributed by atoms with Crippen LogP contribution in [0.25, 0.3) is 6.08 Å². The molecule has 4 heteroatoms. The molecule has 4 nitrogen and oxygen atoms in total. The summed E-state index contributed by atoms with van der Waals surface area (Å²) in [4.78, 5) is 21.6. The number of esters is 1. The van der Waals surface area contributed by atoms with Gasteiger partial charge in [0.05, 0.1) is 12.2 Å². The Hall–Kier alpha value is -2.10. The van der Waals surface area contributed by atoms with E-state index in [0.29, 0.717) is 29.7 Å². The molecule has 0 aromatic heterocycles. The summed E-state index contributed by atoms with van der Waals surface area (Å²) < 4.78 is 4.85. The van der Waals surface area contributed by atoms with Crippen molar-refractivity contribution in [2.45, 2.75) is 6.92 Å². The lowest BCUT2D eigenvalue weighted by atomic mass is 10.1. The largest absolute Gasteiger partial charge is 0.462 e. The van der Waals surface area contributed by atoms with Crippen molar-refractivity contribution in [1.82, 2.24) is 0 Å². The Kier molecular flexibility index (Phi) is 4.27. The minimum Gasteiger partial charge on any atom is -0.462 e. The first-order chi connectivity index (χ1) is 7.69. The van der Waals surface area contributed by atoms with Gasteiger partial charge in [-0.25, -0.2) is 4.79 Å². The molecule has 84 valence electrons. The molecule has 2 N–H and O–H groups in total. The van der Waals surface area contributed by atoms with E-state index < -0.39 is 5.97 Å². The normalized spacial score (nSPS) is 10.3. The minimum absolute atomic E-state index is 0.322. The predicted octanol–water partition coefficient (Wildman–Crippen LogP) is 1.66. The van der Waals surface area contributed by atoms with E-state index in [1.54, 1.807) is 31.2 Å². The Morgan fingerprint density at radius 1 is 1.50 bits per heavy atom. The van der Waals surface area contributed by atoms with Crippen molar-refractivity contribution >= 4 is 24.0 Å². The van der Waals surface area contributed by atoms with Gasteiger partial charge in [0.2, 0.25) is 0 Å². The quantitative estimate of drug-likeness (QED) is 0.362. The molecule has 0 aliphatic heterocycles.